The third kappa shape index (κ3) is 3.22. The van der Waals surface area contributed by atoms with Gasteiger partial charge >= 0.3 is 12.1 Å². The molecule has 6 nitrogen and oxygen atoms in total. The number of carboxylic acid groups (broad SMARTS) is 1. The summed E-state index contributed by atoms with van der Waals surface area (Å²) in [5.74, 6) is -0.856. The molecule has 0 spiro atoms. The quantitative estimate of drug-likeness (QED) is 0.753. The first-order valence-electron chi connectivity index (χ1n) is 5.90. The summed E-state index contributed by atoms with van der Waals surface area (Å²) in [5.41, 5.74) is -0.906. The summed E-state index contributed by atoms with van der Waals surface area (Å²) in [6.45, 7) is 9.02. The van der Waals surface area contributed by atoms with Crippen molar-refractivity contribution in [2.45, 2.75) is 19.4 Å². The molecule has 1 heterocycles. The summed E-state index contributed by atoms with van der Waals surface area (Å²) in [6, 6.07) is 0. The Morgan fingerprint density at radius 3 is 2.33 bits per heavy atom. The Bertz CT molecular complexity index is 333. The Morgan fingerprint density at radius 1 is 1.33 bits per heavy atom. The van der Waals surface area contributed by atoms with Crippen LogP contribution >= 0.6 is 0 Å². The molecule has 18 heavy (non-hydrogen) atoms. The molecule has 6 heteroatoms. The molecule has 0 aromatic carbocycles. The molecule has 0 aromatic rings. The fourth-order valence-electron chi connectivity index (χ4n) is 1.80. The zero-order valence-electron chi connectivity index (χ0n) is 10.9. The molecule has 1 saturated heterocycles. The Hall–Kier alpha value is -1.56. The molecule has 0 atom stereocenters. The van der Waals surface area contributed by atoms with Crippen molar-refractivity contribution in [3.8, 4) is 0 Å². The molecule has 1 rings (SSSR count). The van der Waals surface area contributed by atoms with Gasteiger partial charge in [-0.3, -0.25) is 9.69 Å². The molecule has 1 N–H and O–H groups in total. The van der Waals surface area contributed by atoms with Crippen LogP contribution in [-0.2, 0) is 9.53 Å². The van der Waals surface area contributed by atoms with E-state index in [0.29, 0.717) is 26.2 Å². The summed E-state index contributed by atoms with van der Waals surface area (Å²) < 4.78 is 4.93. The molecule has 0 unspecified atom stereocenters. The summed E-state index contributed by atoms with van der Waals surface area (Å²) in [7, 11) is 0. The van der Waals surface area contributed by atoms with Crippen molar-refractivity contribution in [1.29, 1.82) is 0 Å². The van der Waals surface area contributed by atoms with Gasteiger partial charge in [-0.25, -0.2) is 4.79 Å². The zero-order valence-corrected chi connectivity index (χ0v) is 10.9. The van der Waals surface area contributed by atoms with Crippen LogP contribution in [0, 0.1) is 0 Å². The van der Waals surface area contributed by atoms with Crippen LogP contribution in [0.4, 0.5) is 4.79 Å². The van der Waals surface area contributed by atoms with Crippen LogP contribution in [0.5, 0.6) is 0 Å². The third-order valence-electron chi connectivity index (χ3n) is 3.18. The average Bonchev–Trinajstić information content (AvgIpc) is 2.35. The number of aliphatic carboxylic acids is 1. The van der Waals surface area contributed by atoms with Gasteiger partial charge in [0.15, 0.2) is 0 Å². The summed E-state index contributed by atoms with van der Waals surface area (Å²) in [6.07, 6.45) is 1.14. The van der Waals surface area contributed by atoms with Crippen molar-refractivity contribution in [2.75, 3.05) is 32.8 Å². The smallest absolute Gasteiger partial charge is 0.410 e. The van der Waals surface area contributed by atoms with E-state index in [1.54, 1.807) is 18.7 Å². The molecule has 1 aliphatic heterocycles. The van der Waals surface area contributed by atoms with Gasteiger partial charge in [-0.2, -0.15) is 0 Å². The highest BCUT2D eigenvalue weighted by molar-refractivity contribution is 5.77. The molecule has 0 aromatic heterocycles. The van der Waals surface area contributed by atoms with Crippen molar-refractivity contribution in [1.82, 2.24) is 9.80 Å². The summed E-state index contributed by atoms with van der Waals surface area (Å²) in [5, 5.41) is 9.13. The fourth-order valence-corrected chi connectivity index (χ4v) is 1.80. The Kier molecular flexibility index (Phi) is 4.72. The number of carboxylic acids is 1. The van der Waals surface area contributed by atoms with Crippen molar-refractivity contribution < 1.29 is 19.4 Å². The highest BCUT2D eigenvalue weighted by Crippen LogP contribution is 2.17. The largest absolute Gasteiger partial charge is 0.480 e. The van der Waals surface area contributed by atoms with Gasteiger partial charge in [-0.15, -0.1) is 0 Å². The molecule has 1 amide bonds. The number of piperazine rings is 1. The van der Waals surface area contributed by atoms with Crippen molar-refractivity contribution >= 4 is 12.1 Å². The Balaban J connectivity index is 2.48. The monoisotopic (exact) mass is 256 g/mol. The van der Waals surface area contributed by atoms with Gasteiger partial charge in [0, 0.05) is 26.2 Å². The maximum atomic E-state index is 11.6. The van der Waals surface area contributed by atoms with E-state index in [1.807, 2.05) is 4.90 Å². The number of carbonyl (C=O) groups is 2. The minimum atomic E-state index is -0.906. The maximum Gasteiger partial charge on any atom is 0.410 e. The van der Waals surface area contributed by atoms with Crippen molar-refractivity contribution in [2.24, 2.45) is 0 Å². The van der Waals surface area contributed by atoms with Gasteiger partial charge in [0.25, 0.3) is 0 Å². The lowest BCUT2D eigenvalue weighted by Crippen LogP contribution is -2.58. The first-order valence-corrected chi connectivity index (χ1v) is 5.90. The molecule has 0 saturated carbocycles. The van der Waals surface area contributed by atoms with Crippen LogP contribution in [0.15, 0.2) is 12.7 Å². The molecular weight excluding hydrogens is 236 g/mol. The van der Waals surface area contributed by atoms with Crippen molar-refractivity contribution in [3.63, 3.8) is 0 Å². The van der Waals surface area contributed by atoms with Gasteiger partial charge < -0.3 is 14.7 Å². The van der Waals surface area contributed by atoms with E-state index in [2.05, 4.69) is 6.58 Å². The van der Waals surface area contributed by atoms with Crippen LogP contribution in [0.1, 0.15) is 13.8 Å². The zero-order chi connectivity index (χ0) is 13.8. The number of ether oxygens (including phenoxy) is 1. The number of carbonyl (C=O) groups excluding carboxylic acids is 1. The molecule has 0 bridgehead atoms. The highest BCUT2D eigenvalue weighted by Gasteiger charge is 2.37. The minimum Gasteiger partial charge on any atom is -0.480 e. The van der Waals surface area contributed by atoms with E-state index in [0.717, 1.165) is 0 Å². The Morgan fingerprint density at radius 2 is 1.89 bits per heavy atom. The van der Waals surface area contributed by atoms with Crippen LogP contribution in [0.3, 0.4) is 0 Å². The van der Waals surface area contributed by atoms with Crippen molar-refractivity contribution in [3.05, 3.63) is 12.7 Å². The van der Waals surface area contributed by atoms with Crippen LogP contribution in [-0.4, -0.2) is 65.3 Å². The third-order valence-corrected chi connectivity index (χ3v) is 3.18. The second-order valence-electron chi connectivity index (χ2n) is 4.70. The minimum absolute atomic E-state index is 0.194. The number of amides is 1. The predicted molar refractivity (Wildman–Crippen MR) is 66.4 cm³/mol. The normalized spacial score (nSPS) is 17.3. The molecule has 1 aliphatic rings. The van der Waals surface area contributed by atoms with Gasteiger partial charge in [0.05, 0.1) is 0 Å². The van der Waals surface area contributed by atoms with E-state index in [-0.39, 0.29) is 12.7 Å². The highest BCUT2D eigenvalue weighted by atomic mass is 16.6. The molecule has 102 valence electrons. The summed E-state index contributed by atoms with van der Waals surface area (Å²) in [4.78, 5) is 26.1. The average molecular weight is 256 g/mol. The standard InChI is InChI=1S/C12H20N2O4/c1-4-9-18-11(17)13-5-7-14(8-6-13)12(2,3)10(15)16/h4H,1,5-9H2,2-3H3,(H,15,16). The number of hydrogen-bond donors (Lipinski definition) is 1. The molecule has 0 radical (unpaired) electrons. The molecular formula is C12H20N2O4. The topological polar surface area (TPSA) is 70.1 Å². The SMILES string of the molecule is C=CCOC(=O)N1CCN(C(C)(C)C(=O)O)CC1. The predicted octanol–water partition coefficient (Wildman–Crippen LogP) is 0.790. The van der Waals surface area contributed by atoms with Crippen LogP contribution in [0.2, 0.25) is 0 Å². The second kappa shape index (κ2) is 5.86. The fraction of sp³-hybridized carbons (Fsp3) is 0.667. The molecule has 0 aliphatic carbocycles. The first-order chi connectivity index (χ1) is 8.39. The molecule has 1 fully saturated rings. The second-order valence-corrected chi connectivity index (χ2v) is 4.70. The van der Waals surface area contributed by atoms with Crippen LogP contribution < -0.4 is 0 Å². The van der Waals surface area contributed by atoms with Gasteiger partial charge in [-0.1, -0.05) is 12.7 Å². The lowest BCUT2D eigenvalue weighted by Gasteiger charge is -2.41. The summed E-state index contributed by atoms with van der Waals surface area (Å²) >= 11 is 0. The maximum absolute atomic E-state index is 11.6. The van der Waals surface area contributed by atoms with E-state index < -0.39 is 11.5 Å². The van der Waals surface area contributed by atoms with Gasteiger partial charge in [0.2, 0.25) is 0 Å². The van der Waals surface area contributed by atoms with E-state index in [4.69, 9.17) is 9.84 Å². The van der Waals surface area contributed by atoms with E-state index in [1.165, 1.54) is 6.08 Å². The Labute approximate surface area is 107 Å². The lowest BCUT2D eigenvalue weighted by molar-refractivity contribution is -0.150. The van der Waals surface area contributed by atoms with E-state index >= 15 is 0 Å². The lowest BCUT2D eigenvalue weighted by atomic mass is 10.0. The first kappa shape index (κ1) is 14.5. The number of hydrogen-bond acceptors (Lipinski definition) is 4. The van der Waals surface area contributed by atoms with E-state index in [9.17, 15) is 9.59 Å². The van der Waals surface area contributed by atoms with Gasteiger partial charge in [0.1, 0.15) is 12.1 Å². The number of rotatable bonds is 4. The number of nitrogens with zero attached hydrogens (tertiary/aromatic N) is 2. The van der Waals surface area contributed by atoms with Gasteiger partial charge in [-0.05, 0) is 13.8 Å². The van der Waals surface area contributed by atoms with Crippen LogP contribution in [0.25, 0.3) is 0 Å².